The van der Waals surface area contributed by atoms with Crippen LogP contribution in [0.5, 0.6) is 0 Å². The number of hydrogen-bond acceptors (Lipinski definition) is 2. The van der Waals surface area contributed by atoms with Crippen molar-refractivity contribution in [3.63, 3.8) is 0 Å². The lowest BCUT2D eigenvalue weighted by molar-refractivity contribution is 0.395. The molecule has 0 aromatic rings. The normalized spacial score (nSPS) is 19.8. The van der Waals surface area contributed by atoms with Crippen LogP contribution in [0.25, 0.3) is 0 Å². The molecule has 3 heteroatoms. The minimum absolute atomic E-state index is 0.630. The molecule has 0 heterocycles. The summed E-state index contributed by atoms with van der Waals surface area (Å²) in [4.78, 5) is 12.1. The largest absolute Gasteiger partial charge is 0.340 e. The number of hydrogen-bond donors (Lipinski definition) is 0. The zero-order valence-electron chi connectivity index (χ0n) is 6.42. The molecule has 10 heavy (non-hydrogen) atoms. The van der Waals surface area contributed by atoms with Crippen molar-refractivity contribution in [1.29, 1.82) is 0 Å². The summed E-state index contributed by atoms with van der Waals surface area (Å²) in [6, 6.07) is 0.630. The van der Waals surface area contributed by atoms with Crippen LogP contribution in [-0.2, 0) is 4.79 Å². The molecule has 0 amide bonds. The maximum absolute atomic E-state index is 10.1. The molecule has 55 valence electrons. The fourth-order valence-electron chi connectivity index (χ4n) is 1.53. The first kappa shape index (κ1) is 7.80. The molecule has 0 saturated heterocycles. The van der Waals surface area contributed by atoms with Crippen molar-refractivity contribution in [2.45, 2.75) is 31.7 Å². The highest BCUT2D eigenvalue weighted by molar-refractivity contribution is 6.64. The summed E-state index contributed by atoms with van der Waals surface area (Å²) in [5, 5.41) is 0. The van der Waals surface area contributed by atoms with Gasteiger partial charge in [-0.3, -0.25) is 0 Å². The Morgan fingerprint density at radius 2 is 2.10 bits per heavy atom. The summed E-state index contributed by atoms with van der Waals surface area (Å²) in [7, 11) is 3.60. The summed E-state index contributed by atoms with van der Waals surface area (Å²) in [5.74, 6) is 0. The van der Waals surface area contributed by atoms with Crippen LogP contribution in [0, 0.1) is 0 Å². The van der Waals surface area contributed by atoms with Crippen molar-refractivity contribution in [2.75, 3.05) is 7.05 Å². The predicted molar refractivity (Wildman–Crippen MR) is 42.5 cm³/mol. The monoisotopic (exact) mass is 138 g/mol. The highest BCUT2D eigenvalue weighted by Gasteiger charge is 2.18. The van der Waals surface area contributed by atoms with Crippen LogP contribution in [-0.4, -0.2) is 31.5 Å². The number of carbonyl (C=O) groups excluding carboxylic acids is 1. The molecule has 0 aromatic carbocycles. The summed E-state index contributed by atoms with van der Waals surface area (Å²) in [6.07, 6.45) is 6.00. The van der Waals surface area contributed by atoms with Gasteiger partial charge in [-0.15, -0.1) is 0 Å². The molecule has 1 fully saturated rings. The van der Waals surface area contributed by atoms with Crippen molar-refractivity contribution in [3.05, 3.63) is 0 Å². The van der Waals surface area contributed by atoms with Gasteiger partial charge >= 0.3 is 0 Å². The van der Waals surface area contributed by atoms with E-state index in [0.29, 0.717) is 6.04 Å². The average molecular weight is 138 g/mol. The summed E-state index contributed by atoms with van der Waals surface area (Å²) < 4.78 is 0. The van der Waals surface area contributed by atoms with Crippen molar-refractivity contribution >= 4 is 13.6 Å². The molecule has 2 nitrogen and oxygen atoms in total. The van der Waals surface area contributed by atoms with Crippen LogP contribution in [0.15, 0.2) is 0 Å². The van der Waals surface area contributed by atoms with Gasteiger partial charge in [0.2, 0.25) is 0 Å². The Labute approximate surface area is 62.9 Å². The highest BCUT2D eigenvalue weighted by atomic mass is 16.1. The molecule has 0 N–H and O–H groups in total. The van der Waals surface area contributed by atoms with E-state index in [9.17, 15) is 4.79 Å². The smallest absolute Gasteiger partial charge is 0.293 e. The van der Waals surface area contributed by atoms with Crippen molar-refractivity contribution in [3.8, 4) is 0 Å². The second kappa shape index (κ2) is 3.76. The second-order valence-electron chi connectivity index (χ2n) is 2.89. The Morgan fingerprint density at radius 3 is 2.60 bits per heavy atom. The molecule has 0 aliphatic heterocycles. The van der Waals surface area contributed by atoms with Crippen LogP contribution >= 0.6 is 0 Å². The highest BCUT2D eigenvalue weighted by Crippen LogP contribution is 2.21. The van der Waals surface area contributed by atoms with Gasteiger partial charge in [-0.05, 0) is 25.9 Å². The zero-order chi connectivity index (χ0) is 7.40. The van der Waals surface area contributed by atoms with E-state index in [2.05, 4.69) is 0 Å². The van der Waals surface area contributed by atoms with Gasteiger partial charge < -0.3 is 9.61 Å². The summed E-state index contributed by atoms with van der Waals surface area (Å²) >= 11 is 0. The van der Waals surface area contributed by atoms with Gasteiger partial charge in [0.15, 0.2) is 0 Å². The molecule has 1 radical (unpaired) electrons. The standard InChI is InChI=1S/C7H13BNO/c1-9(8-6-10)7-4-2-3-5-7/h6-7H,2-5H2,1H3. The SMILES string of the molecule is CN([B]C=O)C1CCCC1. The number of nitrogens with zero attached hydrogens (tertiary/aromatic N) is 1. The van der Waals surface area contributed by atoms with Gasteiger partial charge in [0.25, 0.3) is 7.41 Å². The lowest BCUT2D eigenvalue weighted by atomic mass is 9.92. The maximum atomic E-state index is 10.1. The van der Waals surface area contributed by atoms with E-state index in [4.69, 9.17) is 0 Å². The van der Waals surface area contributed by atoms with E-state index < -0.39 is 0 Å². The Balaban J connectivity index is 2.24. The molecule has 0 spiro atoms. The van der Waals surface area contributed by atoms with Crippen LogP contribution in [0.1, 0.15) is 25.7 Å². The molecule has 1 aliphatic rings. The predicted octanol–water partition coefficient (Wildman–Crippen LogP) is 0.670. The van der Waals surface area contributed by atoms with E-state index in [1.807, 2.05) is 11.9 Å². The fraction of sp³-hybridized carbons (Fsp3) is 0.857. The van der Waals surface area contributed by atoms with Gasteiger partial charge in [-0.2, -0.15) is 0 Å². The maximum Gasteiger partial charge on any atom is 0.293 e. The third-order valence-corrected chi connectivity index (χ3v) is 2.20. The Bertz CT molecular complexity index is 112. The van der Waals surface area contributed by atoms with Gasteiger partial charge in [-0.1, -0.05) is 12.8 Å². The number of rotatable bonds is 3. The quantitative estimate of drug-likeness (QED) is 0.422. The van der Waals surface area contributed by atoms with Gasteiger partial charge in [0.1, 0.15) is 0 Å². The van der Waals surface area contributed by atoms with E-state index in [0.717, 1.165) is 6.19 Å². The van der Waals surface area contributed by atoms with Crippen LogP contribution in [0.4, 0.5) is 0 Å². The van der Waals surface area contributed by atoms with Crippen molar-refractivity contribution in [2.24, 2.45) is 0 Å². The average Bonchev–Trinajstić information content (AvgIpc) is 2.38. The summed E-state index contributed by atoms with van der Waals surface area (Å²) in [5.41, 5.74) is 0. The lowest BCUT2D eigenvalue weighted by Crippen LogP contribution is -2.33. The van der Waals surface area contributed by atoms with Gasteiger partial charge in [0.05, 0.1) is 6.19 Å². The Hall–Kier alpha value is -0.305. The van der Waals surface area contributed by atoms with Crippen LogP contribution in [0.3, 0.4) is 0 Å². The van der Waals surface area contributed by atoms with E-state index in [1.165, 1.54) is 25.7 Å². The lowest BCUT2D eigenvalue weighted by Gasteiger charge is -2.20. The third-order valence-electron chi connectivity index (χ3n) is 2.20. The molecule has 0 atom stereocenters. The minimum atomic E-state index is 0.630. The topological polar surface area (TPSA) is 20.3 Å². The van der Waals surface area contributed by atoms with Gasteiger partial charge in [0, 0.05) is 0 Å². The molecular formula is C7H13BNO. The summed E-state index contributed by atoms with van der Waals surface area (Å²) in [6.45, 7) is 0. The van der Waals surface area contributed by atoms with Crippen molar-refractivity contribution < 1.29 is 4.79 Å². The molecule has 0 bridgehead atoms. The van der Waals surface area contributed by atoms with E-state index >= 15 is 0 Å². The van der Waals surface area contributed by atoms with Crippen molar-refractivity contribution in [1.82, 2.24) is 4.81 Å². The van der Waals surface area contributed by atoms with Crippen LogP contribution in [0.2, 0.25) is 0 Å². The third kappa shape index (κ3) is 1.84. The first-order valence-electron chi connectivity index (χ1n) is 3.85. The van der Waals surface area contributed by atoms with E-state index in [-0.39, 0.29) is 0 Å². The molecule has 1 saturated carbocycles. The first-order valence-corrected chi connectivity index (χ1v) is 3.85. The number of carbonyl (C=O) groups is 1. The molecule has 1 aliphatic carbocycles. The fourth-order valence-corrected chi connectivity index (χ4v) is 1.53. The first-order chi connectivity index (χ1) is 4.84. The second-order valence-corrected chi connectivity index (χ2v) is 2.89. The Morgan fingerprint density at radius 1 is 1.50 bits per heavy atom. The zero-order valence-corrected chi connectivity index (χ0v) is 6.42. The molecular weight excluding hydrogens is 125 g/mol. The molecule has 0 aromatic heterocycles. The van der Waals surface area contributed by atoms with Gasteiger partial charge in [-0.25, -0.2) is 0 Å². The molecule has 0 unspecified atom stereocenters. The minimum Gasteiger partial charge on any atom is -0.340 e. The van der Waals surface area contributed by atoms with Crippen LogP contribution < -0.4 is 0 Å². The Kier molecular flexibility index (Phi) is 2.94. The molecule has 1 rings (SSSR count). The van der Waals surface area contributed by atoms with E-state index in [1.54, 1.807) is 7.41 Å².